The minimum absolute atomic E-state index is 0.00215. The Kier molecular flexibility index (Phi) is 3.73. The van der Waals surface area contributed by atoms with Crippen LogP contribution in [0, 0.1) is 6.92 Å². The Labute approximate surface area is 181 Å². The second-order valence-corrected chi connectivity index (χ2v) is 8.86. The number of aryl methyl sites for hydroxylation is 1. The van der Waals surface area contributed by atoms with Gasteiger partial charge in [0.05, 0.1) is 0 Å². The van der Waals surface area contributed by atoms with Crippen LogP contribution < -0.4 is 0 Å². The topological polar surface area (TPSA) is 38.9 Å². The molecule has 31 heavy (non-hydrogen) atoms. The molecule has 0 spiro atoms. The predicted octanol–water partition coefficient (Wildman–Crippen LogP) is 7.17. The normalized spacial score (nSPS) is 13.9. The van der Waals surface area contributed by atoms with Crippen molar-refractivity contribution in [2.24, 2.45) is 0 Å². The van der Waals surface area contributed by atoms with E-state index in [1.807, 2.05) is 12.1 Å². The molecule has 0 fully saturated rings. The van der Waals surface area contributed by atoms with E-state index >= 15 is 0 Å². The number of fused-ring (bicyclic) bond motifs is 4. The van der Waals surface area contributed by atoms with Gasteiger partial charge in [0.15, 0.2) is 11.2 Å². The minimum Gasteiger partial charge on any atom is -0.434 e. The molecular formula is C28H22N2O. The molecule has 0 saturated carbocycles. The van der Waals surface area contributed by atoms with Crippen LogP contribution in [-0.2, 0) is 5.41 Å². The van der Waals surface area contributed by atoms with Gasteiger partial charge in [0, 0.05) is 17.2 Å². The Morgan fingerprint density at radius 1 is 0.742 bits per heavy atom. The van der Waals surface area contributed by atoms with Crippen LogP contribution in [0.4, 0.5) is 0 Å². The molecule has 0 saturated heterocycles. The van der Waals surface area contributed by atoms with Crippen LogP contribution in [0.15, 0.2) is 83.4 Å². The third-order valence-electron chi connectivity index (χ3n) is 6.46. The van der Waals surface area contributed by atoms with E-state index < -0.39 is 0 Å². The van der Waals surface area contributed by atoms with Gasteiger partial charge >= 0.3 is 0 Å². The lowest BCUT2D eigenvalue weighted by molar-refractivity contribution is 0.619. The van der Waals surface area contributed by atoms with Gasteiger partial charge in [-0.15, -0.1) is 0 Å². The van der Waals surface area contributed by atoms with Gasteiger partial charge in [-0.2, -0.15) is 4.98 Å². The van der Waals surface area contributed by atoms with Crippen molar-refractivity contribution < 1.29 is 4.42 Å². The smallest absolute Gasteiger partial charge is 0.228 e. The minimum atomic E-state index is -0.00215. The highest BCUT2D eigenvalue weighted by Gasteiger charge is 2.35. The standard InChI is InChI=1S/C28H22N2O/c1-17-6-12-21-22-13-11-20(16-24(22)28(2,3)23(21)15-17)18-7-9-19(10-8-18)27-30-26-25(31-27)5-4-14-29-26/h4-16H,1-3H3. The molecule has 0 unspecified atom stereocenters. The molecule has 1 aliphatic rings. The lowest BCUT2D eigenvalue weighted by Gasteiger charge is -2.22. The third-order valence-corrected chi connectivity index (χ3v) is 6.46. The summed E-state index contributed by atoms with van der Waals surface area (Å²) in [6, 6.07) is 25.8. The fourth-order valence-electron chi connectivity index (χ4n) is 4.73. The number of pyridine rings is 1. The van der Waals surface area contributed by atoms with Crippen molar-refractivity contribution in [3.63, 3.8) is 0 Å². The van der Waals surface area contributed by atoms with Crippen molar-refractivity contribution in [1.29, 1.82) is 0 Å². The molecule has 0 radical (unpaired) electrons. The van der Waals surface area contributed by atoms with Crippen molar-refractivity contribution >= 4 is 11.2 Å². The molecule has 0 aliphatic heterocycles. The highest BCUT2D eigenvalue weighted by molar-refractivity contribution is 5.84. The van der Waals surface area contributed by atoms with Crippen LogP contribution in [0.1, 0.15) is 30.5 Å². The molecule has 2 heterocycles. The van der Waals surface area contributed by atoms with Gasteiger partial charge in [-0.05, 0) is 70.6 Å². The number of benzene rings is 3. The van der Waals surface area contributed by atoms with Crippen molar-refractivity contribution in [3.8, 4) is 33.7 Å². The van der Waals surface area contributed by atoms with Crippen LogP contribution in [0.5, 0.6) is 0 Å². The maximum absolute atomic E-state index is 5.86. The molecule has 0 atom stereocenters. The Bertz CT molecular complexity index is 1430. The number of aromatic nitrogens is 2. The molecule has 3 heteroatoms. The molecule has 3 nitrogen and oxygen atoms in total. The molecule has 3 aromatic carbocycles. The van der Waals surface area contributed by atoms with Gasteiger partial charge < -0.3 is 4.42 Å². The zero-order valence-electron chi connectivity index (χ0n) is 17.8. The molecule has 5 aromatic rings. The van der Waals surface area contributed by atoms with E-state index in [-0.39, 0.29) is 5.41 Å². The molecule has 2 aromatic heterocycles. The number of oxazole rings is 1. The summed E-state index contributed by atoms with van der Waals surface area (Å²) in [5.74, 6) is 0.598. The van der Waals surface area contributed by atoms with E-state index in [4.69, 9.17) is 4.42 Å². The van der Waals surface area contributed by atoms with Crippen molar-refractivity contribution in [1.82, 2.24) is 9.97 Å². The van der Waals surface area contributed by atoms with Gasteiger partial charge in [0.1, 0.15) is 0 Å². The Morgan fingerprint density at radius 3 is 2.19 bits per heavy atom. The van der Waals surface area contributed by atoms with Crippen LogP contribution in [-0.4, -0.2) is 9.97 Å². The highest BCUT2D eigenvalue weighted by Crippen LogP contribution is 2.49. The summed E-state index contributed by atoms with van der Waals surface area (Å²) < 4.78 is 5.86. The number of nitrogens with zero attached hydrogens (tertiary/aromatic N) is 2. The lowest BCUT2D eigenvalue weighted by atomic mass is 9.81. The fourth-order valence-corrected chi connectivity index (χ4v) is 4.73. The Morgan fingerprint density at radius 2 is 1.42 bits per heavy atom. The molecule has 6 rings (SSSR count). The van der Waals surface area contributed by atoms with E-state index in [9.17, 15) is 0 Å². The van der Waals surface area contributed by atoms with E-state index in [1.165, 1.54) is 38.9 Å². The largest absolute Gasteiger partial charge is 0.434 e. The highest BCUT2D eigenvalue weighted by atomic mass is 16.3. The quantitative estimate of drug-likeness (QED) is 0.314. The summed E-state index contributed by atoms with van der Waals surface area (Å²) in [6.07, 6.45) is 1.73. The van der Waals surface area contributed by atoms with Gasteiger partial charge in [0.2, 0.25) is 5.89 Å². The van der Waals surface area contributed by atoms with Crippen LogP contribution >= 0.6 is 0 Å². The molecule has 1 aliphatic carbocycles. The summed E-state index contributed by atoms with van der Waals surface area (Å²) in [5.41, 5.74) is 11.5. The van der Waals surface area contributed by atoms with Crippen molar-refractivity contribution in [2.45, 2.75) is 26.2 Å². The predicted molar refractivity (Wildman–Crippen MR) is 125 cm³/mol. The second-order valence-electron chi connectivity index (χ2n) is 8.86. The summed E-state index contributed by atoms with van der Waals surface area (Å²) in [5, 5.41) is 0. The average molecular weight is 402 g/mol. The van der Waals surface area contributed by atoms with Gasteiger partial charge in [0.25, 0.3) is 0 Å². The maximum atomic E-state index is 5.86. The second kappa shape index (κ2) is 6.39. The van der Waals surface area contributed by atoms with E-state index in [2.05, 4.69) is 91.4 Å². The monoisotopic (exact) mass is 402 g/mol. The summed E-state index contributed by atoms with van der Waals surface area (Å²) >= 11 is 0. The SMILES string of the molecule is Cc1ccc2c(c1)C(C)(C)c1cc(-c3ccc(-c4nc5ncccc5o4)cc3)ccc1-2. The summed E-state index contributed by atoms with van der Waals surface area (Å²) in [4.78, 5) is 8.76. The van der Waals surface area contributed by atoms with Crippen LogP contribution in [0.25, 0.3) is 44.9 Å². The van der Waals surface area contributed by atoms with Gasteiger partial charge in [-0.1, -0.05) is 61.9 Å². The number of hydrogen-bond donors (Lipinski definition) is 0. The van der Waals surface area contributed by atoms with Gasteiger partial charge in [-0.25, -0.2) is 4.98 Å². The van der Waals surface area contributed by atoms with Crippen molar-refractivity contribution in [3.05, 3.63) is 95.7 Å². The molecule has 0 amide bonds. The van der Waals surface area contributed by atoms with E-state index in [0.29, 0.717) is 17.1 Å². The van der Waals surface area contributed by atoms with Gasteiger partial charge in [-0.3, -0.25) is 0 Å². The molecule has 150 valence electrons. The first kappa shape index (κ1) is 18.1. The molecule has 0 bridgehead atoms. The first-order valence-corrected chi connectivity index (χ1v) is 10.6. The summed E-state index contributed by atoms with van der Waals surface area (Å²) in [7, 11) is 0. The zero-order valence-corrected chi connectivity index (χ0v) is 17.8. The van der Waals surface area contributed by atoms with Crippen LogP contribution in [0.3, 0.4) is 0 Å². The fraction of sp³-hybridized carbons (Fsp3) is 0.143. The lowest BCUT2D eigenvalue weighted by Crippen LogP contribution is -2.15. The molecular weight excluding hydrogens is 380 g/mol. The van der Waals surface area contributed by atoms with E-state index in [0.717, 1.165) is 5.56 Å². The number of rotatable bonds is 2. The zero-order chi connectivity index (χ0) is 21.2. The first-order valence-electron chi connectivity index (χ1n) is 10.6. The average Bonchev–Trinajstić information content (AvgIpc) is 3.31. The van der Waals surface area contributed by atoms with E-state index in [1.54, 1.807) is 6.20 Å². The Hall–Kier alpha value is -3.72. The number of hydrogen-bond acceptors (Lipinski definition) is 3. The van der Waals surface area contributed by atoms with Crippen molar-refractivity contribution in [2.75, 3.05) is 0 Å². The third kappa shape index (κ3) is 2.73. The maximum Gasteiger partial charge on any atom is 0.228 e. The Balaban J connectivity index is 1.38. The first-order chi connectivity index (χ1) is 15.0. The van der Waals surface area contributed by atoms with Crippen LogP contribution in [0.2, 0.25) is 0 Å². The summed E-state index contributed by atoms with van der Waals surface area (Å²) in [6.45, 7) is 6.82. The molecule has 0 N–H and O–H groups in total.